The normalized spacial score (nSPS) is 12.4. The molecule has 162 valence electrons. The third-order valence-corrected chi connectivity index (χ3v) is 6.29. The summed E-state index contributed by atoms with van der Waals surface area (Å²) in [5.74, 6) is -0.510. The molecular formula is C22H23N3O5S. The second-order valence-electron chi connectivity index (χ2n) is 7.32. The zero-order valence-electron chi connectivity index (χ0n) is 17.4. The van der Waals surface area contributed by atoms with E-state index in [0.717, 1.165) is 26.9 Å². The van der Waals surface area contributed by atoms with Gasteiger partial charge in [0.1, 0.15) is 6.04 Å². The lowest BCUT2D eigenvalue weighted by molar-refractivity contribution is -0.384. The average molecular weight is 442 g/mol. The number of fused-ring (bicyclic) bond motifs is 1. The van der Waals surface area contributed by atoms with Gasteiger partial charge in [0, 0.05) is 18.7 Å². The highest BCUT2D eigenvalue weighted by atomic mass is 32.2. The summed E-state index contributed by atoms with van der Waals surface area (Å²) in [6, 6.07) is 16.3. The predicted molar refractivity (Wildman–Crippen MR) is 120 cm³/mol. The third kappa shape index (κ3) is 4.83. The van der Waals surface area contributed by atoms with Crippen molar-refractivity contribution in [3.05, 3.63) is 81.9 Å². The highest BCUT2D eigenvalue weighted by Gasteiger charge is 2.31. The second-order valence-corrected chi connectivity index (χ2v) is 9.18. The molecule has 0 aliphatic heterocycles. The van der Waals surface area contributed by atoms with Crippen LogP contribution in [0.4, 0.5) is 11.4 Å². The molecule has 1 amide bonds. The van der Waals surface area contributed by atoms with Gasteiger partial charge in [-0.3, -0.25) is 19.2 Å². The molecule has 0 radical (unpaired) electrons. The first-order valence-corrected chi connectivity index (χ1v) is 11.4. The molecule has 0 fully saturated rings. The number of nitrogens with one attached hydrogen (secondary N) is 1. The highest BCUT2D eigenvalue weighted by Crippen LogP contribution is 2.29. The van der Waals surface area contributed by atoms with Gasteiger partial charge in [-0.25, -0.2) is 8.42 Å². The number of hydrogen-bond acceptors (Lipinski definition) is 5. The van der Waals surface area contributed by atoms with E-state index in [-0.39, 0.29) is 17.9 Å². The summed E-state index contributed by atoms with van der Waals surface area (Å²) in [5, 5.41) is 16.0. The number of carbonyl (C=O) groups is 1. The van der Waals surface area contributed by atoms with Crippen LogP contribution in [0.5, 0.6) is 0 Å². The number of nitro groups is 1. The molecule has 0 aliphatic carbocycles. The third-order valence-electron chi connectivity index (χ3n) is 5.06. The van der Waals surface area contributed by atoms with E-state index >= 15 is 0 Å². The van der Waals surface area contributed by atoms with Gasteiger partial charge in [-0.05, 0) is 35.7 Å². The number of amides is 1. The summed E-state index contributed by atoms with van der Waals surface area (Å²) in [6.45, 7) is 3.31. The zero-order valence-corrected chi connectivity index (χ0v) is 18.2. The monoisotopic (exact) mass is 441 g/mol. The minimum atomic E-state index is -3.89. The molecule has 3 aromatic rings. The van der Waals surface area contributed by atoms with Crippen LogP contribution in [0.25, 0.3) is 10.8 Å². The Bertz CT molecular complexity index is 1250. The Hall–Kier alpha value is -3.46. The molecule has 0 aliphatic rings. The van der Waals surface area contributed by atoms with Gasteiger partial charge in [0.2, 0.25) is 15.9 Å². The zero-order chi connectivity index (χ0) is 22.8. The molecule has 0 aromatic heterocycles. The molecule has 1 N–H and O–H groups in total. The van der Waals surface area contributed by atoms with E-state index in [1.54, 1.807) is 6.92 Å². The van der Waals surface area contributed by atoms with Crippen molar-refractivity contribution in [3.8, 4) is 0 Å². The smallest absolute Gasteiger partial charge is 0.271 e. The molecule has 8 nitrogen and oxygen atoms in total. The molecule has 0 unspecified atom stereocenters. The number of hydrogen-bond donors (Lipinski definition) is 1. The van der Waals surface area contributed by atoms with Gasteiger partial charge in [0.25, 0.3) is 5.69 Å². The van der Waals surface area contributed by atoms with Crippen LogP contribution in [0, 0.1) is 17.0 Å². The first kappa shape index (κ1) is 22.2. The predicted octanol–water partition coefficient (Wildman–Crippen LogP) is 3.53. The van der Waals surface area contributed by atoms with Crippen LogP contribution in [-0.4, -0.2) is 31.5 Å². The SMILES string of the molecule is Cc1ccc([N+](=O)[O-])cc1N([C@@H](C)C(=O)NCc1cccc2ccccc12)S(C)(=O)=O. The summed E-state index contributed by atoms with van der Waals surface area (Å²) in [4.78, 5) is 23.5. The number of nitrogens with zero attached hydrogens (tertiary/aromatic N) is 2. The fraction of sp³-hybridized carbons (Fsp3) is 0.227. The Morgan fingerprint density at radius 1 is 1.13 bits per heavy atom. The average Bonchev–Trinajstić information content (AvgIpc) is 2.72. The summed E-state index contributed by atoms with van der Waals surface area (Å²) in [6.07, 6.45) is 0.972. The Labute approximate surface area is 180 Å². The maximum atomic E-state index is 12.9. The maximum absolute atomic E-state index is 12.9. The van der Waals surface area contributed by atoms with E-state index in [0.29, 0.717) is 5.56 Å². The Morgan fingerprint density at radius 2 is 1.81 bits per heavy atom. The highest BCUT2D eigenvalue weighted by molar-refractivity contribution is 7.92. The summed E-state index contributed by atoms with van der Waals surface area (Å²) >= 11 is 0. The lowest BCUT2D eigenvalue weighted by Crippen LogP contribution is -2.48. The fourth-order valence-electron chi connectivity index (χ4n) is 3.51. The van der Waals surface area contributed by atoms with Gasteiger partial charge in [0.05, 0.1) is 16.9 Å². The number of carbonyl (C=O) groups excluding carboxylic acids is 1. The van der Waals surface area contributed by atoms with E-state index in [1.807, 2.05) is 42.5 Å². The minimum Gasteiger partial charge on any atom is -0.350 e. The van der Waals surface area contributed by atoms with E-state index in [1.165, 1.54) is 25.1 Å². The molecule has 31 heavy (non-hydrogen) atoms. The number of sulfonamides is 1. The van der Waals surface area contributed by atoms with Crippen molar-refractivity contribution in [2.75, 3.05) is 10.6 Å². The number of benzene rings is 3. The first-order chi connectivity index (χ1) is 14.6. The van der Waals surface area contributed by atoms with Crippen molar-refractivity contribution in [1.29, 1.82) is 0 Å². The number of anilines is 1. The van der Waals surface area contributed by atoms with Crippen molar-refractivity contribution in [3.63, 3.8) is 0 Å². The lowest BCUT2D eigenvalue weighted by Gasteiger charge is -2.29. The molecule has 0 spiro atoms. The molecule has 0 saturated heterocycles. The Morgan fingerprint density at radius 3 is 2.48 bits per heavy atom. The molecule has 0 heterocycles. The Balaban J connectivity index is 1.89. The number of rotatable bonds is 7. The van der Waals surface area contributed by atoms with Crippen LogP contribution in [0.3, 0.4) is 0 Å². The van der Waals surface area contributed by atoms with E-state index in [2.05, 4.69) is 5.32 Å². The van der Waals surface area contributed by atoms with Crippen LogP contribution in [0.15, 0.2) is 60.7 Å². The van der Waals surface area contributed by atoms with Crippen LogP contribution < -0.4 is 9.62 Å². The number of aryl methyl sites for hydroxylation is 1. The quantitative estimate of drug-likeness (QED) is 0.446. The summed E-state index contributed by atoms with van der Waals surface area (Å²) in [5.41, 5.74) is 1.25. The topological polar surface area (TPSA) is 110 Å². The number of nitro benzene ring substituents is 1. The van der Waals surface area contributed by atoms with Gasteiger partial charge < -0.3 is 5.32 Å². The van der Waals surface area contributed by atoms with E-state index in [4.69, 9.17) is 0 Å². The molecule has 3 aromatic carbocycles. The Kier molecular flexibility index (Phi) is 6.26. The second kappa shape index (κ2) is 8.73. The van der Waals surface area contributed by atoms with Crippen molar-refractivity contribution in [1.82, 2.24) is 5.32 Å². The molecule has 0 bridgehead atoms. The van der Waals surface area contributed by atoms with Crippen LogP contribution in [0.1, 0.15) is 18.1 Å². The minimum absolute atomic E-state index is 0.101. The maximum Gasteiger partial charge on any atom is 0.271 e. The van der Waals surface area contributed by atoms with E-state index in [9.17, 15) is 23.3 Å². The molecule has 3 rings (SSSR count). The summed E-state index contributed by atoms with van der Waals surface area (Å²) < 4.78 is 26.0. The molecule has 1 atom stereocenters. The lowest BCUT2D eigenvalue weighted by atomic mass is 10.0. The van der Waals surface area contributed by atoms with Gasteiger partial charge in [-0.2, -0.15) is 0 Å². The van der Waals surface area contributed by atoms with Crippen LogP contribution >= 0.6 is 0 Å². The largest absolute Gasteiger partial charge is 0.350 e. The molecular weight excluding hydrogens is 418 g/mol. The number of non-ortho nitro benzene ring substituents is 1. The molecule has 9 heteroatoms. The first-order valence-electron chi connectivity index (χ1n) is 9.58. The molecule has 0 saturated carbocycles. The fourth-order valence-corrected chi connectivity index (χ4v) is 4.73. The van der Waals surface area contributed by atoms with Crippen molar-refractivity contribution >= 4 is 38.1 Å². The van der Waals surface area contributed by atoms with Crippen molar-refractivity contribution < 1.29 is 18.1 Å². The van der Waals surface area contributed by atoms with Gasteiger partial charge in [-0.15, -0.1) is 0 Å². The van der Waals surface area contributed by atoms with Crippen LogP contribution in [0.2, 0.25) is 0 Å². The van der Waals surface area contributed by atoms with Crippen molar-refractivity contribution in [2.24, 2.45) is 0 Å². The van der Waals surface area contributed by atoms with Crippen LogP contribution in [-0.2, 0) is 21.4 Å². The van der Waals surface area contributed by atoms with Gasteiger partial charge >= 0.3 is 0 Å². The van der Waals surface area contributed by atoms with Gasteiger partial charge in [0.15, 0.2) is 0 Å². The summed E-state index contributed by atoms with van der Waals surface area (Å²) in [7, 11) is -3.89. The van der Waals surface area contributed by atoms with Gasteiger partial charge in [-0.1, -0.05) is 48.5 Å². The van der Waals surface area contributed by atoms with Crippen molar-refractivity contribution in [2.45, 2.75) is 26.4 Å². The standard InChI is InChI=1S/C22H23N3O5S/c1-15-11-12-19(25(27)28)13-21(15)24(31(3,29)30)16(2)22(26)23-14-18-9-6-8-17-7-4-5-10-20(17)18/h4-13,16H,14H2,1-3H3,(H,23,26)/t16-/m0/s1. The van der Waals surface area contributed by atoms with E-state index < -0.39 is 26.9 Å².